The van der Waals surface area contributed by atoms with Crippen molar-refractivity contribution >= 4 is 21.7 Å². The van der Waals surface area contributed by atoms with E-state index in [1.165, 1.54) is 39.2 Å². The van der Waals surface area contributed by atoms with E-state index in [9.17, 15) is 13.2 Å². The zero-order valence-corrected chi connectivity index (χ0v) is 11.1. The minimum atomic E-state index is -3.60. The molecule has 0 saturated heterocycles. The van der Waals surface area contributed by atoms with Gasteiger partial charge in [0.15, 0.2) is 0 Å². The number of hydrogen-bond donors (Lipinski definition) is 2. The predicted molar refractivity (Wildman–Crippen MR) is 67.6 cm³/mol. The number of carbonyl (C=O) groups is 1. The highest BCUT2D eigenvalue weighted by Gasteiger charge is 2.20. The molecule has 0 bridgehead atoms. The first-order valence-corrected chi connectivity index (χ1v) is 6.75. The lowest BCUT2D eigenvalue weighted by Crippen LogP contribution is -2.23. The van der Waals surface area contributed by atoms with E-state index in [2.05, 4.69) is 4.72 Å². The molecule has 18 heavy (non-hydrogen) atoms. The van der Waals surface area contributed by atoms with Gasteiger partial charge in [0.25, 0.3) is 0 Å². The van der Waals surface area contributed by atoms with Gasteiger partial charge in [-0.3, -0.25) is 4.72 Å². The van der Waals surface area contributed by atoms with Gasteiger partial charge in [0.05, 0.1) is 23.6 Å². The van der Waals surface area contributed by atoms with E-state index >= 15 is 0 Å². The summed E-state index contributed by atoms with van der Waals surface area (Å²) in [5.74, 6) is -0.833. The maximum absolute atomic E-state index is 11.7. The number of methoxy groups -OCH3 is 1. The van der Waals surface area contributed by atoms with Gasteiger partial charge in [-0.05, 0) is 26.0 Å². The van der Waals surface area contributed by atoms with Crippen molar-refractivity contribution < 1.29 is 23.1 Å². The van der Waals surface area contributed by atoms with Crippen molar-refractivity contribution in [1.29, 1.82) is 0 Å². The van der Waals surface area contributed by atoms with Crippen LogP contribution in [-0.2, 0) is 10.0 Å². The fourth-order valence-corrected chi connectivity index (χ4v) is 1.90. The highest BCUT2D eigenvalue weighted by Crippen LogP contribution is 2.24. The van der Waals surface area contributed by atoms with Gasteiger partial charge in [0, 0.05) is 6.07 Å². The quantitative estimate of drug-likeness (QED) is 0.849. The summed E-state index contributed by atoms with van der Waals surface area (Å²) in [6.45, 7) is 3.01. The number of carboxylic acid groups (broad SMARTS) is 1. The number of benzene rings is 1. The van der Waals surface area contributed by atoms with E-state index in [0.29, 0.717) is 5.75 Å². The molecule has 0 heterocycles. The third-order valence-electron chi connectivity index (χ3n) is 2.33. The van der Waals surface area contributed by atoms with E-state index in [0.717, 1.165) is 0 Å². The third-order valence-corrected chi connectivity index (χ3v) is 4.08. The van der Waals surface area contributed by atoms with E-state index in [1.807, 2.05) is 0 Å². The lowest BCUT2D eigenvalue weighted by atomic mass is 10.2. The Labute approximate surface area is 106 Å². The average Bonchev–Trinajstić information content (AvgIpc) is 2.27. The Hall–Kier alpha value is -1.76. The molecule has 0 saturated carbocycles. The van der Waals surface area contributed by atoms with Gasteiger partial charge in [-0.25, -0.2) is 13.2 Å². The van der Waals surface area contributed by atoms with Gasteiger partial charge in [-0.2, -0.15) is 0 Å². The number of nitrogens with one attached hydrogen (secondary N) is 1. The van der Waals surface area contributed by atoms with Crippen LogP contribution in [0, 0.1) is 0 Å². The van der Waals surface area contributed by atoms with Crippen LogP contribution in [-0.4, -0.2) is 31.9 Å². The molecule has 100 valence electrons. The molecule has 1 aromatic rings. The van der Waals surface area contributed by atoms with Crippen LogP contribution >= 0.6 is 0 Å². The molecular formula is C11H15NO5S. The lowest BCUT2D eigenvalue weighted by molar-refractivity contribution is 0.0698. The Bertz CT molecular complexity index is 551. The summed E-state index contributed by atoms with van der Waals surface area (Å²) in [5.41, 5.74) is -0.129. The molecular weight excluding hydrogens is 258 g/mol. The normalized spacial score (nSPS) is 11.3. The molecule has 0 radical (unpaired) electrons. The van der Waals surface area contributed by atoms with Crippen LogP contribution in [0.25, 0.3) is 0 Å². The molecule has 0 aromatic heterocycles. The minimum absolute atomic E-state index is 0.00412. The van der Waals surface area contributed by atoms with Crippen molar-refractivity contribution in [3.05, 3.63) is 23.8 Å². The molecule has 0 fully saturated rings. The standard InChI is InChI=1S/C11H15NO5S/c1-7(2)18(15,16)12-10-6-8(17-3)4-5-9(10)11(13)14/h4-7,12H,1-3H3,(H,13,14). The van der Waals surface area contributed by atoms with Crippen molar-refractivity contribution in [3.63, 3.8) is 0 Å². The van der Waals surface area contributed by atoms with Crippen molar-refractivity contribution in [3.8, 4) is 5.75 Å². The monoisotopic (exact) mass is 273 g/mol. The summed E-state index contributed by atoms with van der Waals surface area (Å²) in [6, 6.07) is 4.08. The molecule has 1 rings (SSSR count). The van der Waals surface area contributed by atoms with Crippen LogP contribution in [0.15, 0.2) is 18.2 Å². The second-order valence-corrected chi connectivity index (χ2v) is 6.15. The summed E-state index contributed by atoms with van der Waals surface area (Å²) in [4.78, 5) is 11.0. The third kappa shape index (κ3) is 3.13. The van der Waals surface area contributed by atoms with Crippen LogP contribution < -0.4 is 9.46 Å². The van der Waals surface area contributed by atoms with Crippen LogP contribution in [0.1, 0.15) is 24.2 Å². The molecule has 0 aliphatic rings. The van der Waals surface area contributed by atoms with Gasteiger partial charge in [-0.15, -0.1) is 0 Å². The van der Waals surface area contributed by atoms with E-state index in [-0.39, 0.29) is 11.3 Å². The fourth-order valence-electron chi connectivity index (χ4n) is 1.19. The van der Waals surface area contributed by atoms with E-state index < -0.39 is 21.2 Å². The molecule has 0 spiro atoms. The number of aromatic carboxylic acids is 1. The summed E-state index contributed by atoms with van der Waals surface area (Å²) in [6.07, 6.45) is 0. The second kappa shape index (κ2) is 5.26. The Morgan fingerprint density at radius 2 is 2.00 bits per heavy atom. The number of ether oxygens (including phenoxy) is 1. The molecule has 0 amide bonds. The van der Waals surface area contributed by atoms with E-state index in [1.54, 1.807) is 0 Å². The molecule has 0 unspecified atom stereocenters. The van der Waals surface area contributed by atoms with Crippen LogP contribution in [0.2, 0.25) is 0 Å². The van der Waals surface area contributed by atoms with Gasteiger partial charge < -0.3 is 9.84 Å². The summed E-state index contributed by atoms with van der Waals surface area (Å²) in [7, 11) is -2.19. The number of rotatable bonds is 5. The summed E-state index contributed by atoms with van der Waals surface area (Å²) < 4.78 is 30.6. The topological polar surface area (TPSA) is 92.7 Å². The maximum atomic E-state index is 11.7. The Morgan fingerprint density at radius 3 is 2.44 bits per heavy atom. The summed E-state index contributed by atoms with van der Waals surface area (Å²) in [5, 5.41) is 8.33. The molecule has 1 aromatic carbocycles. The van der Waals surface area contributed by atoms with Crippen molar-refractivity contribution in [1.82, 2.24) is 0 Å². The predicted octanol–water partition coefficient (Wildman–Crippen LogP) is 1.54. The Balaban J connectivity index is 3.25. The first-order valence-electron chi connectivity index (χ1n) is 5.21. The Morgan fingerprint density at radius 1 is 1.39 bits per heavy atom. The molecule has 0 atom stereocenters. The SMILES string of the molecule is COc1ccc(C(=O)O)c(NS(=O)(=O)C(C)C)c1. The fraction of sp³-hybridized carbons (Fsp3) is 0.364. The van der Waals surface area contributed by atoms with Crippen LogP contribution in [0.5, 0.6) is 5.75 Å². The second-order valence-electron chi connectivity index (χ2n) is 3.91. The molecule has 2 N–H and O–H groups in total. The van der Waals surface area contributed by atoms with E-state index in [4.69, 9.17) is 9.84 Å². The summed E-state index contributed by atoms with van der Waals surface area (Å²) >= 11 is 0. The van der Waals surface area contributed by atoms with Gasteiger partial charge >= 0.3 is 5.97 Å². The highest BCUT2D eigenvalue weighted by molar-refractivity contribution is 7.93. The smallest absolute Gasteiger partial charge is 0.337 e. The number of carboxylic acids is 1. The molecule has 7 heteroatoms. The van der Waals surface area contributed by atoms with Gasteiger partial charge in [0.1, 0.15) is 5.75 Å². The van der Waals surface area contributed by atoms with Crippen molar-refractivity contribution in [2.75, 3.05) is 11.8 Å². The van der Waals surface area contributed by atoms with Crippen LogP contribution in [0.4, 0.5) is 5.69 Å². The largest absolute Gasteiger partial charge is 0.497 e. The molecule has 0 aliphatic carbocycles. The van der Waals surface area contributed by atoms with Crippen molar-refractivity contribution in [2.24, 2.45) is 0 Å². The van der Waals surface area contributed by atoms with Gasteiger partial charge in [-0.1, -0.05) is 0 Å². The average molecular weight is 273 g/mol. The zero-order chi connectivity index (χ0) is 13.9. The zero-order valence-electron chi connectivity index (χ0n) is 10.3. The van der Waals surface area contributed by atoms with Crippen molar-refractivity contribution in [2.45, 2.75) is 19.1 Å². The molecule has 0 aliphatic heterocycles. The maximum Gasteiger partial charge on any atom is 0.337 e. The van der Waals surface area contributed by atoms with Gasteiger partial charge in [0.2, 0.25) is 10.0 Å². The number of anilines is 1. The minimum Gasteiger partial charge on any atom is -0.497 e. The highest BCUT2D eigenvalue weighted by atomic mass is 32.2. The first kappa shape index (κ1) is 14.3. The molecule has 6 nitrogen and oxygen atoms in total. The number of sulfonamides is 1. The Kier molecular flexibility index (Phi) is 4.18. The van der Waals surface area contributed by atoms with Crippen LogP contribution in [0.3, 0.4) is 0 Å². The first-order chi connectivity index (χ1) is 8.27. The number of hydrogen-bond acceptors (Lipinski definition) is 4. The lowest BCUT2D eigenvalue weighted by Gasteiger charge is -2.13.